The summed E-state index contributed by atoms with van der Waals surface area (Å²) in [4.78, 5) is 26.3. The van der Waals surface area contributed by atoms with Crippen LogP contribution >= 0.6 is 0 Å². The van der Waals surface area contributed by atoms with Crippen molar-refractivity contribution < 1.29 is 9.53 Å². The van der Waals surface area contributed by atoms with Gasteiger partial charge in [0.25, 0.3) is 0 Å². The van der Waals surface area contributed by atoms with Crippen molar-refractivity contribution in [2.45, 2.75) is 51.4 Å². The monoisotopic (exact) mass is 507 g/mol. The van der Waals surface area contributed by atoms with Crippen LogP contribution in [-0.2, 0) is 9.53 Å². The molecule has 0 aliphatic rings. The van der Waals surface area contributed by atoms with Gasteiger partial charge in [0.2, 0.25) is 0 Å². The van der Waals surface area contributed by atoms with Crippen molar-refractivity contribution in [2.24, 2.45) is 0 Å². The molecule has 5 aromatic rings. The molecule has 194 valence electrons. The zero-order valence-corrected chi connectivity index (χ0v) is 21.9. The molecule has 3 heterocycles. The Labute approximate surface area is 222 Å². The van der Waals surface area contributed by atoms with E-state index in [-0.39, 0.29) is 11.9 Å². The molecule has 0 spiro atoms. The van der Waals surface area contributed by atoms with Gasteiger partial charge in [0.1, 0.15) is 22.9 Å². The van der Waals surface area contributed by atoms with E-state index in [1.54, 1.807) is 6.20 Å². The number of aromatic nitrogens is 4. The maximum Gasteiger partial charge on any atom is 0.305 e. The lowest BCUT2D eigenvalue weighted by Crippen LogP contribution is -2.07. The van der Waals surface area contributed by atoms with Crippen molar-refractivity contribution in [3.63, 3.8) is 0 Å². The molecule has 0 saturated heterocycles. The number of carbonyl (C=O) groups is 1. The molecule has 0 saturated carbocycles. The Morgan fingerprint density at radius 2 is 1.79 bits per heavy atom. The second kappa shape index (κ2) is 11.4. The van der Waals surface area contributed by atoms with Gasteiger partial charge >= 0.3 is 5.97 Å². The molecule has 0 fully saturated rings. The number of esters is 1. The van der Waals surface area contributed by atoms with Crippen molar-refractivity contribution in [3.8, 4) is 22.5 Å². The van der Waals surface area contributed by atoms with Crippen LogP contribution in [0.4, 0.5) is 5.82 Å². The third kappa shape index (κ3) is 5.23. The zero-order chi connectivity index (χ0) is 26.5. The number of hydrogen-bond acceptors (Lipinski definition) is 6. The predicted molar refractivity (Wildman–Crippen MR) is 152 cm³/mol. The lowest BCUT2D eigenvalue weighted by molar-refractivity contribution is -0.140. The van der Waals surface area contributed by atoms with Crippen LogP contribution in [0.25, 0.3) is 38.9 Å². The molecule has 0 bridgehead atoms. The summed E-state index contributed by atoms with van der Waals surface area (Å²) in [6.45, 7) is 2.19. The maximum atomic E-state index is 11.7. The van der Waals surface area contributed by atoms with Gasteiger partial charge in [-0.15, -0.1) is 0 Å². The van der Waals surface area contributed by atoms with Crippen LogP contribution in [0.5, 0.6) is 0 Å². The summed E-state index contributed by atoms with van der Waals surface area (Å²) in [6.07, 6.45) is 8.80. The van der Waals surface area contributed by atoms with Gasteiger partial charge in [0.15, 0.2) is 0 Å². The molecule has 1 atom stereocenters. The molecule has 2 aromatic carbocycles. The summed E-state index contributed by atoms with van der Waals surface area (Å²) in [5.74, 6) is 1.40. The van der Waals surface area contributed by atoms with Crippen molar-refractivity contribution >= 4 is 28.2 Å². The summed E-state index contributed by atoms with van der Waals surface area (Å²) >= 11 is 0. The van der Waals surface area contributed by atoms with E-state index in [4.69, 9.17) is 20.4 Å². The van der Waals surface area contributed by atoms with E-state index in [0.29, 0.717) is 12.2 Å². The number of fused-ring (bicyclic) bond motifs is 2. The fourth-order valence-electron chi connectivity index (χ4n) is 5.06. The van der Waals surface area contributed by atoms with Gasteiger partial charge in [-0.3, -0.25) is 9.20 Å². The number of benzene rings is 2. The largest absolute Gasteiger partial charge is 0.469 e. The molecular weight excluding hydrogens is 474 g/mol. The topological polar surface area (TPSA) is 95.4 Å². The van der Waals surface area contributed by atoms with Gasteiger partial charge in [-0.2, -0.15) is 0 Å². The van der Waals surface area contributed by atoms with E-state index in [1.165, 1.54) is 7.11 Å². The lowest BCUT2D eigenvalue weighted by atomic mass is 9.95. The highest BCUT2D eigenvalue weighted by Gasteiger charge is 2.23. The number of hydrogen-bond donors (Lipinski definition) is 1. The summed E-state index contributed by atoms with van der Waals surface area (Å²) in [6, 6.07) is 20.6. The van der Waals surface area contributed by atoms with Gasteiger partial charge in [-0.05, 0) is 31.4 Å². The molecule has 1 unspecified atom stereocenters. The molecule has 0 amide bonds. The van der Waals surface area contributed by atoms with Crippen molar-refractivity contribution in [1.29, 1.82) is 0 Å². The highest BCUT2D eigenvalue weighted by Crippen LogP contribution is 2.35. The Hall–Kier alpha value is -4.26. The molecular formula is C31H33N5O2. The Kier molecular flexibility index (Phi) is 7.63. The van der Waals surface area contributed by atoms with E-state index in [9.17, 15) is 4.79 Å². The summed E-state index contributed by atoms with van der Waals surface area (Å²) in [5, 5.41) is 1.06. The van der Waals surface area contributed by atoms with Crippen LogP contribution in [0.3, 0.4) is 0 Å². The van der Waals surface area contributed by atoms with Crippen LogP contribution in [0.2, 0.25) is 0 Å². The number of rotatable bonds is 10. The summed E-state index contributed by atoms with van der Waals surface area (Å²) < 4.78 is 6.93. The average Bonchev–Trinajstić information content (AvgIpc) is 3.35. The summed E-state index contributed by atoms with van der Waals surface area (Å²) in [5.41, 5.74) is 11.9. The standard InChI is InChI=1S/C31H33N5O2/c1-3-4-9-23(12-8-13-27(37)38-2)31-35-28(29-30(32)33-18-19-36(29)31)24-15-14-22-16-17-25(34-26(22)20-24)21-10-6-5-7-11-21/h5-7,10-11,14-20,23H,3-4,8-9,12-13H2,1-2H3,(H2,32,33). The molecule has 5 rings (SSSR count). The molecule has 7 heteroatoms. The molecule has 7 nitrogen and oxygen atoms in total. The van der Waals surface area contributed by atoms with Gasteiger partial charge < -0.3 is 10.5 Å². The number of imidazole rings is 1. The number of nitrogen functional groups attached to an aromatic ring is 1. The van der Waals surface area contributed by atoms with Crippen LogP contribution < -0.4 is 5.73 Å². The Morgan fingerprint density at radius 1 is 1.00 bits per heavy atom. The number of nitrogens with zero attached hydrogens (tertiary/aromatic N) is 4. The summed E-state index contributed by atoms with van der Waals surface area (Å²) in [7, 11) is 1.43. The molecule has 3 aromatic heterocycles. The minimum atomic E-state index is -0.181. The van der Waals surface area contributed by atoms with E-state index in [1.807, 2.05) is 24.4 Å². The van der Waals surface area contributed by atoms with E-state index >= 15 is 0 Å². The van der Waals surface area contributed by atoms with E-state index < -0.39 is 0 Å². The Bertz CT molecular complexity index is 1560. The first-order valence-electron chi connectivity index (χ1n) is 13.2. The van der Waals surface area contributed by atoms with Crippen LogP contribution in [0.1, 0.15) is 57.2 Å². The Balaban J connectivity index is 1.58. The van der Waals surface area contributed by atoms with Crippen molar-refractivity contribution in [2.75, 3.05) is 12.8 Å². The lowest BCUT2D eigenvalue weighted by Gasteiger charge is -2.15. The zero-order valence-electron chi connectivity index (χ0n) is 21.9. The van der Waals surface area contributed by atoms with Crippen molar-refractivity contribution in [1.82, 2.24) is 19.4 Å². The fourth-order valence-corrected chi connectivity index (χ4v) is 5.06. The first-order chi connectivity index (χ1) is 18.6. The van der Waals surface area contributed by atoms with Crippen LogP contribution in [0.15, 0.2) is 73.1 Å². The number of methoxy groups -OCH3 is 1. The van der Waals surface area contributed by atoms with Crippen LogP contribution in [-0.4, -0.2) is 32.4 Å². The number of anilines is 1. The number of unbranched alkanes of at least 4 members (excludes halogenated alkanes) is 1. The number of carbonyl (C=O) groups excluding carboxylic acids is 1. The molecule has 0 aliphatic carbocycles. The fraction of sp³-hybridized carbons (Fsp3) is 0.290. The second-order valence-corrected chi connectivity index (χ2v) is 9.63. The normalized spacial score (nSPS) is 12.2. The Morgan fingerprint density at radius 3 is 2.58 bits per heavy atom. The highest BCUT2D eigenvalue weighted by atomic mass is 16.5. The molecule has 2 N–H and O–H groups in total. The van der Waals surface area contributed by atoms with Crippen LogP contribution in [0, 0.1) is 0 Å². The van der Waals surface area contributed by atoms with E-state index in [0.717, 1.165) is 76.9 Å². The molecule has 0 aliphatic heterocycles. The van der Waals surface area contributed by atoms with E-state index in [2.05, 4.69) is 58.8 Å². The number of ether oxygens (including phenoxy) is 1. The average molecular weight is 508 g/mol. The first-order valence-corrected chi connectivity index (χ1v) is 13.2. The minimum Gasteiger partial charge on any atom is -0.469 e. The quantitative estimate of drug-likeness (QED) is 0.209. The highest BCUT2D eigenvalue weighted by molar-refractivity contribution is 5.91. The second-order valence-electron chi connectivity index (χ2n) is 9.63. The molecule has 0 radical (unpaired) electrons. The number of nitrogens with two attached hydrogens (primary N) is 1. The SMILES string of the molecule is CCCCC(CCCC(=O)OC)c1nc(-c2ccc3ccc(-c4ccccc4)nc3c2)c2c(N)nccn12. The van der Waals surface area contributed by atoms with Gasteiger partial charge in [-0.25, -0.2) is 15.0 Å². The van der Waals surface area contributed by atoms with Gasteiger partial charge in [-0.1, -0.05) is 68.3 Å². The van der Waals surface area contributed by atoms with Gasteiger partial charge in [0.05, 0.1) is 18.3 Å². The first kappa shape index (κ1) is 25.4. The minimum absolute atomic E-state index is 0.181. The van der Waals surface area contributed by atoms with Crippen molar-refractivity contribution in [3.05, 3.63) is 78.9 Å². The smallest absolute Gasteiger partial charge is 0.305 e. The number of pyridine rings is 1. The third-order valence-corrected chi connectivity index (χ3v) is 7.08. The predicted octanol–water partition coefficient (Wildman–Crippen LogP) is 6.81. The maximum absolute atomic E-state index is 11.7. The molecule has 38 heavy (non-hydrogen) atoms. The van der Waals surface area contributed by atoms with Gasteiger partial charge in [0, 0.05) is 41.2 Å². The third-order valence-electron chi connectivity index (χ3n) is 7.08.